The molecule has 1 aromatic heterocycles. The van der Waals surface area contributed by atoms with Gasteiger partial charge < -0.3 is 5.32 Å². The molecule has 1 rings (SSSR count). The van der Waals surface area contributed by atoms with Crippen molar-refractivity contribution in [2.45, 2.75) is 59.7 Å². The van der Waals surface area contributed by atoms with Gasteiger partial charge in [0.05, 0.1) is 5.69 Å². The Morgan fingerprint density at radius 1 is 1.25 bits per heavy atom. The van der Waals surface area contributed by atoms with Gasteiger partial charge in [0, 0.05) is 23.8 Å². The van der Waals surface area contributed by atoms with Gasteiger partial charge in [-0.2, -0.15) is 0 Å². The lowest BCUT2D eigenvalue weighted by Gasteiger charge is -2.32. The highest BCUT2D eigenvalue weighted by Gasteiger charge is 2.19. The molecule has 3 heteroatoms. The van der Waals surface area contributed by atoms with Crippen LogP contribution in [0.4, 0.5) is 0 Å². The summed E-state index contributed by atoms with van der Waals surface area (Å²) in [6.07, 6.45) is 0. The average molecular weight is 277 g/mol. The maximum absolute atomic E-state index is 4.58. The summed E-state index contributed by atoms with van der Waals surface area (Å²) in [5, 5.41) is 3.59. The molecule has 0 radical (unpaired) electrons. The zero-order valence-corrected chi connectivity index (χ0v) is 14.2. The van der Waals surface area contributed by atoms with E-state index in [9.17, 15) is 0 Å². The molecule has 1 aromatic rings. The lowest BCUT2D eigenvalue weighted by Crippen LogP contribution is -2.44. The Morgan fingerprint density at radius 3 is 2.45 bits per heavy atom. The third-order valence-corrected chi connectivity index (χ3v) is 3.83. The zero-order chi connectivity index (χ0) is 15.3. The summed E-state index contributed by atoms with van der Waals surface area (Å²) in [7, 11) is 2.18. The first kappa shape index (κ1) is 17.1. The van der Waals surface area contributed by atoms with Crippen LogP contribution in [-0.4, -0.2) is 35.1 Å². The maximum atomic E-state index is 4.58. The van der Waals surface area contributed by atoms with Gasteiger partial charge in [-0.1, -0.05) is 13.0 Å². The van der Waals surface area contributed by atoms with Crippen molar-refractivity contribution in [1.82, 2.24) is 15.2 Å². The molecule has 0 fully saturated rings. The Balaban J connectivity index is 2.51. The van der Waals surface area contributed by atoms with Gasteiger partial charge >= 0.3 is 0 Å². The van der Waals surface area contributed by atoms with Crippen LogP contribution in [0.5, 0.6) is 0 Å². The third kappa shape index (κ3) is 6.02. The lowest BCUT2D eigenvalue weighted by atomic mass is 10.00. The Bertz CT molecular complexity index is 409. The van der Waals surface area contributed by atoms with E-state index in [4.69, 9.17) is 0 Å². The van der Waals surface area contributed by atoms with Crippen LogP contribution in [0.25, 0.3) is 0 Å². The highest BCUT2D eigenvalue weighted by Crippen LogP contribution is 2.13. The third-order valence-electron chi connectivity index (χ3n) is 3.83. The van der Waals surface area contributed by atoms with Crippen molar-refractivity contribution >= 4 is 0 Å². The summed E-state index contributed by atoms with van der Waals surface area (Å²) in [6, 6.07) is 6.75. The topological polar surface area (TPSA) is 28.2 Å². The SMILES string of the molecule is Cc1cccc(CN(C)C(C)C(C)CNC(C)(C)C)n1. The van der Waals surface area contributed by atoms with Crippen LogP contribution >= 0.6 is 0 Å². The molecule has 114 valence electrons. The highest BCUT2D eigenvalue weighted by molar-refractivity contribution is 5.09. The number of aryl methyl sites for hydroxylation is 1. The summed E-state index contributed by atoms with van der Waals surface area (Å²) in [5.74, 6) is 0.601. The molecule has 1 heterocycles. The maximum Gasteiger partial charge on any atom is 0.0547 e. The first-order valence-corrected chi connectivity index (χ1v) is 7.57. The lowest BCUT2D eigenvalue weighted by molar-refractivity contribution is 0.180. The Labute approximate surface area is 124 Å². The van der Waals surface area contributed by atoms with Crippen LogP contribution in [-0.2, 0) is 6.54 Å². The molecule has 0 spiro atoms. The standard InChI is InChI=1S/C17H31N3/c1-13(11-18-17(4,5)6)15(3)20(7)12-16-10-8-9-14(2)19-16/h8-10,13,15,18H,11-12H2,1-7H3. The number of pyridine rings is 1. The van der Waals surface area contributed by atoms with Gasteiger partial charge in [0.2, 0.25) is 0 Å². The van der Waals surface area contributed by atoms with Gasteiger partial charge in [0.1, 0.15) is 0 Å². The fourth-order valence-corrected chi connectivity index (χ4v) is 2.16. The Hall–Kier alpha value is -0.930. The van der Waals surface area contributed by atoms with E-state index in [0.717, 1.165) is 24.5 Å². The van der Waals surface area contributed by atoms with E-state index in [2.05, 4.69) is 69.0 Å². The van der Waals surface area contributed by atoms with Crippen LogP contribution in [0.1, 0.15) is 46.0 Å². The summed E-state index contributed by atoms with van der Waals surface area (Å²) >= 11 is 0. The van der Waals surface area contributed by atoms with Crippen molar-refractivity contribution in [3.63, 3.8) is 0 Å². The molecule has 1 N–H and O–H groups in total. The molecular formula is C17H31N3. The number of rotatable bonds is 6. The smallest absolute Gasteiger partial charge is 0.0547 e. The number of nitrogens with zero attached hydrogens (tertiary/aromatic N) is 2. The second-order valence-electron chi connectivity index (χ2n) is 7.03. The molecule has 0 aromatic carbocycles. The van der Waals surface area contributed by atoms with Crippen molar-refractivity contribution in [3.05, 3.63) is 29.6 Å². The summed E-state index contributed by atoms with van der Waals surface area (Å²) < 4.78 is 0. The monoisotopic (exact) mass is 277 g/mol. The first-order valence-electron chi connectivity index (χ1n) is 7.57. The molecular weight excluding hydrogens is 246 g/mol. The van der Waals surface area contributed by atoms with Gasteiger partial charge in [0.25, 0.3) is 0 Å². The molecule has 0 saturated heterocycles. The predicted octanol–water partition coefficient (Wildman–Crippen LogP) is 3.23. The molecule has 0 aliphatic carbocycles. The second kappa shape index (κ2) is 7.19. The van der Waals surface area contributed by atoms with E-state index in [-0.39, 0.29) is 5.54 Å². The predicted molar refractivity (Wildman–Crippen MR) is 86.8 cm³/mol. The first-order chi connectivity index (χ1) is 9.19. The molecule has 2 atom stereocenters. The van der Waals surface area contributed by atoms with Crippen LogP contribution in [0.3, 0.4) is 0 Å². The van der Waals surface area contributed by atoms with Gasteiger partial charge in [-0.05, 0) is 66.3 Å². The van der Waals surface area contributed by atoms with E-state index < -0.39 is 0 Å². The number of hydrogen-bond donors (Lipinski definition) is 1. The molecule has 0 bridgehead atoms. The van der Waals surface area contributed by atoms with E-state index in [1.165, 1.54) is 0 Å². The highest BCUT2D eigenvalue weighted by atomic mass is 15.1. The van der Waals surface area contributed by atoms with Crippen molar-refractivity contribution in [1.29, 1.82) is 0 Å². The van der Waals surface area contributed by atoms with E-state index in [1.807, 2.05) is 13.0 Å². The van der Waals surface area contributed by atoms with Crippen molar-refractivity contribution in [3.8, 4) is 0 Å². The normalized spacial score (nSPS) is 15.4. The van der Waals surface area contributed by atoms with Crippen molar-refractivity contribution < 1.29 is 0 Å². The van der Waals surface area contributed by atoms with Crippen LogP contribution in [0.15, 0.2) is 18.2 Å². The van der Waals surface area contributed by atoms with Crippen molar-refractivity contribution in [2.24, 2.45) is 5.92 Å². The minimum absolute atomic E-state index is 0.185. The summed E-state index contributed by atoms with van der Waals surface area (Å²) in [6.45, 7) is 15.2. The molecule has 2 unspecified atom stereocenters. The molecule has 0 aliphatic heterocycles. The summed E-state index contributed by atoms with van der Waals surface area (Å²) in [4.78, 5) is 6.97. The largest absolute Gasteiger partial charge is 0.312 e. The minimum atomic E-state index is 0.185. The van der Waals surface area contributed by atoms with Gasteiger partial charge in [-0.3, -0.25) is 9.88 Å². The average Bonchev–Trinajstić information content (AvgIpc) is 2.34. The fraction of sp³-hybridized carbons (Fsp3) is 0.706. The number of hydrogen-bond acceptors (Lipinski definition) is 3. The van der Waals surface area contributed by atoms with E-state index >= 15 is 0 Å². The molecule has 0 amide bonds. The van der Waals surface area contributed by atoms with Crippen LogP contribution in [0, 0.1) is 12.8 Å². The van der Waals surface area contributed by atoms with Gasteiger partial charge in [-0.25, -0.2) is 0 Å². The Morgan fingerprint density at radius 2 is 1.90 bits per heavy atom. The number of nitrogens with one attached hydrogen (secondary N) is 1. The Kier molecular flexibility index (Phi) is 6.15. The number of aromatic nitrogens is 1. The molecule has 0 saturated carbocycles. The summed E-state index contributed by atoms with van der Waals surface area (Å²) in [5.41, 5.74) is 2.42. The van der Waals surface area contributed by atoms with Crippen LogP contribution in [0.2, 0.25) is 0 Å². The molecule has 3 nitrogen and oxygen atoms in total. The van der Waals surface area contributed by atoms with Crippen molar-refractivity contribution in [2.75, 3.05) is 13.6 Å². The fourth-order valence-electron chi connectivity index (χ4n) is 2.16. The second-order valence-corrected chi connectivity index (χ2v) is 7.03. The van der Waals surface area contributed by atoms with E-state index in [1.54, 1.807) is 0 Å². The van der Waals surface area contributed by atoms with E-state index in [0.29, 0.717) is 12.0 Å². The quantitative estimate of drug-likeness (QED) is 0.865. The minimum Gasteiger partial charge on any atom is -0.312 e. The van der Waals surface area contributed by atoms with Gasteiger partial charge in [0.15, 0.2) is 0 Å². The van der Waals surface area contributed by atoms with Gasteiger partial charge in [-0.15, -0.1) is 0 Å². The molecule has 20 heavy (non-hydrogen) atoms. The molecule has 0 aliphatic rings. The zero-order valence-electron chi connectivity index (χ0n) is 14.2. The van der Waals surface area contributed by atoms with Crippen LogP contribution < -0.4 is 5.32 Å².